The van der Waals surface area contributed by atoms with Crippen molar-refractivity contribution in [1.82, 2.24) is 4.98 Å². The number of aromatic nitrogens is 1. The maximum Gasteiger partial charge on any atom is 0.309 e. The van der Waals surface area contributed by atoms with Crippen LogP contribution in [0.15, 0.2) is 18.3 Å². The van der Waals surface area contributed by atoms with Crippen LogP contribution in [0.4, 0.5) is 0 Å². The molecule has 0 spiro atoms. The molecule has 0 bridgehead atoms. The average molecular weight is 168 g/mol. The number of nitrogens with one attached hydrogen (secondary N) is 1. The summed E-state index contributed by atoms with van der Waals surface area (Å²) in [6.45, 7) is 1.20. The Kier molecular flexibility index (Phi) is 2.23. The third-order valence-corrected chi connectivity index (χ3v) is 1.51. The van der Waals surface area contributed by atoms with Crippen LogP contribution in [0, 0.1) is 10.1 Å². The predicted octanol–water partition coefficient (Wildman–Crippen LogP) is 0.921. The lowest BCUT2D eigenvalue weighted by molar-refractivity contribution is -0.513. The van der Waals surface area contributed by atoms with Crippen LogP contribution < -0.4 is 0 Å². The molecule has 1 heterocycles. The van der Waals surface area contributed by atoms with Gasteiger partial charge in [0, 0.05) is 18.0 Å². The van der Waals surface area contributed by atoms with E-state index < -0.39 is 16.7 Å². The highest BCUT2D eigenvalue weighted by Gasteiger charge is 2.28. The molecule has 0 aromatic carbocycles. The number of aromatic amines is 1. The third-order valence-electron chi connectivity index (χ3n) is 1.51. The Bertz CT molecular complexity index is 278. The highest BCUT2D eigenvalue weighted by atomic mass is 16.6. The summed E-state index contributed by atoms with van der Waals surface area (Å²) in [4.78, 5) is 23.3. The van der Waals surface area contributed by atoms with E-state index in [0.717, 1.165) is 0 Å². The second-order valence-electron chi connectivity index (χ2n) is 2.42. The first-order valence-corrected chi connectivity index (χ1v) is 3.40. The quantitative estimate of drug-likeness (QED) is 0.538. The van der Waals surface area contributed by atoms with Crippen molar-refractivity contribution in [3.8, 4) is 0 Å². The van der Waals surface area contributed by atoms with Gasteiger partial charge in [-0.3, -0.25) is 14.9 Å². The number of ketones is 1. The van der Waals surface area contributed by atoms with Gasteiger partial charge in [0.2, 0.25) is 5.78 Å². The fraction of sp³-hybridized carbons (Fsp3) is 0.286. The van der Waals surface area contributed by atoms with Gasteiger partial charge in [-0.25, -0.2) is 0 Å². The van der Waals surface area contributed by atoms with Gasteiger partial charge in [0.15, 0.2) is 0 Å². The summed E-state index contributed by atoms with van der Waals surface area (Å²) < 4.78 is 0. The van der Waals surface area contributed by atoms with Gasteiger partial charge >= 0.3 is 6.04 Å². The van der Waals surface area contributed by atoms with Crippen molar-refractivity contribution in [2.24, 2.45) is 0 Å². The monoisotopic (exact) mass is 168 g/mol. The highest BCUT2D eigenvalue weighted by Crippen LogP contribution is 2.14. The minimum absolute atomic E-state index is 0.326. The minimum Gasteiger partial charge on any atom is -0.359 e. The van der Waals surface area contributed by atoms with E-state index in [1.165, 1.54) is 13.0 Å². The van der Waals surface area contributed by atoms with Crippen molar-refractivity contribution in [3.63, 3.8) is 0 Å². The molecule has 5 nitrogen and oxygen atoms in total. The third kappa shape index (κ3) is 1.50. The average Bonchev–Trinajstić information content (AvgIpc) is 2.37. The Morgan fingerprint density at radius 2 is 2.42 bits per heavy atom. The van der Waals surface area contributed by atoms with E-state index in [1.54, 1.807) is 12.3 Å². The number of nitro groups is 1. The van der Waals surface area contributed by atoms with Crippen molar-refractivity contribution in [3.05, 3.63) is 34.1 Å². The molecule has 64 valence electrons. The minimum atomic E-state index is -1.25. The zero-order chi connectivity index (χ0) is 9.14. The zero-order valence-corrected chi connectivity index (χ0v) is 6.48. The van der Waals surface area contributed by atoms with Crippen LogP contribution in [0.5, 0.6) is 0 Å². The first-order chi connectivity index (χ1) is 5.63. The summed E-state index contributed by atoms with van der Waals surface area (Å²) in [7, 11) is 0. The van der Waals surface area contributed by atoms with E-state index >= 15 is 0 Å². The number of hydrogen-bond acceptors (Lipinski definition) is 3. The molecule has 12 heavy (non-hydrogen) atoms. The standard InChI is InChI=1S/C7H8N2O3/c1-5(10)7(9(11)12)6-3-2-4-8-6/h2-4,7-8H,1H3. The summed E-state index contributed by atoms with van der Waals surface area (Å²) in [6.07, 6.45) is 1.55. The Balaban J connectivity index is 2.96. The lowest BCUT2D eigenvalue weighted by Gasteiger charge is -2.01. The van der Waals surface area contributed by atoms with E-state index in [0.29, 0.717) is 5.69 Å². The Hall–Kier alpha value is -1.65. The second kappa shape index (κ2) is 3.17. The predicted molar refractivity (Wildman–Crippen MR) is 41.2 cm³/mol. The van der Waals surface area contributed by atoms with E-state index in [2.05, 4.69) is 4.98 Å². The zero-order valence-electron chi connectivity index (χ0n) is 6.48. The van der Waals surface area contributed by atoms with Crippen molar-refractivity contribution >= 4 is 5.78 Å². The number of Topliss-reactive ketones (excluding diaryl/α,β-unsaturated/α-hetero) is 1. The Labute approximate surface area is 68.5 Å². The topological polar surface area (TPSA) is 76.0 Å². The number of rotatable bonds is 3. The van der Waals surface area contributed by atoms with Crippen molar-refractivity contribution in [2.75, 3.05) is 0 Å². The largest absolute Gasteiger partial charge is 0.359 e. The van der Waals surface area contributed by atoms with Crippen LogP contribution in [-0.4, -0.2) is 15.7 Å². The molecule has 1 N–H and O–H groups in total. The maximum absolute atomic E-state index is 10.8. The van der Waals surface area contributed by atoms with Gasteiger partial charge < -0.3 is 4.98 Å². The van der Waals surface area contributed by atoms with E-state index in [-0.39, 0.29) is 0 Å². The van der Waals surface area contributed by atoms with Crippen molar-refractivity contribution in [2.45, 2.75) is 13.0 Å². The second-order valence-corrected chi connectivity index (χ2v) is 2.42. The van der Waals surface area contributed by atoms with Gasteiger partial charge in [0.05, 0.1) is 5.69 Å². The van der Waals surface area contributed by atoms with Gasteiger partial charge in [-0.05, 0) is 12.1 Å². The lowest BCUT2D eigenvalue weighted by atomic mass is 10.1. The van der Waals surface area contributed by atoms with Crippen LogP contribution in [0.2, 0.25) is 0 Å². The molecule has 0 saturated carbocycles. The van der Waals surface area contributed by atoms with Crippen LogP contribution in [0.3, 0.4) is 0 Å². The Morgan fingerprint density at radius 1 is 1.75 bits per heavy atom. The molecule has 0 fully saturated rings. The van der Waals surface area contributed by atoms with E-state index in [9.17, 15) is 14.9 Å². The number of nitrogens with zero attached hydrogens (tertiary/aromatic N) is 1. The van der Waals surface area contributed by atoms with Crippen LogP contribution >= 0.6 is 0 Å². The molecule has 1 atom stereocenters. The van der Waals surface area contributed by atoms with E-state index in [4.69, 9.17) is 0 Å². The molecular formula is C7H8N2O3. The van der Waals surface area contributed by atoms with Crippen molar-refractivity contribution < 1.29 is 9.72 Å². The van der Waals surface area contributed by atoms with Gasteiger partial charge in [-0.1, -0.05) is 0 Å². The van der Waals surface area contributed by atoms with Crippen molar-refractivity contribution in [1.29, 1.82) is 0 Å². The fourth-order valence-corrected chi connectivity index (χ4v) is 0.995. The molecule has 0 radical (unpaired) electrons. The molecule has 0 amide bonds. The van der Waals surface area contributed by atoms with Crippen LogP contribution in [-0.2, 0) is 4.79 Å². The summed E-state index contributed by atoms with van der Waals surface area (Å²) in [5.41, 5.74) is 0.326. The molecule has 1 unspecified atom stereocenters. The molecule has 0 aliphatic rings. The molecule has 1 aromatic heterocycles. The maximum atomic E-state index is 10.8. The number of H-pyrrole nitrogens is 1. The molecular weight excluding hydrogens is 160 g/mol. The number of carbonyl (C=O) groups is 1. The molecule has 0 saturated heterocycles. The fourth-order valence-electron chi connectivity index (χ4n) is 0.995. The SMILES string of the molecule is CC(=O)C(c1ccc[nH]1)[N+](=O)[O-]. The van der Waals surface area contributed by atoms with Gasteiger partial charge in [-0.2, -0.15) is 0 Å². The summed E-state index contributed by atoms with van der Waals surface area (Å²) in [5.74, 6) is -0.470. The number of hydrogen-bond donors (Lipinski definition) is 1. The lowest BCUT2D eigenvalue weighted by Crippen LogP contribution is -2.18. The summed E-state index contributed by atoms with van der Waals surface area (Å²) >= 11 is 0. The normalized spacial score (nSPS) is 12.4. The highest BCUT2D eigenvalue weighted by molar-refractivity contribution is 5.81. The molecule has 0 aliphatic carbocycles. The molecule has 1 aromatic rings. The van der Waals surface area contributed by atoms with Gasteiger partial charge in [-0.15, -0.1) is 0 Å². The number of carbonyl (C=O) groups excluding carboxylic acids is 1. The van der Waals surface area contributed by atoms with Gasteiger partial charge in [0.25, 0.3) is 0 Å². The van der Waals surface area contributed by atoms with Gasteiger partial charge in [0.1, 0.15) is 0 Å². The van der Waals surface area contributed by atoms with Crippen LogP contribution in [0.25, 0.3) is 0 Å². The molecule has 1 rings (SSSR count). The van der Waals surface area contributed by atoms with E-state index in [1.807, 2.05) is 0 Å². The summed E-state index contributed by atoms with van der Waals surface area (Å²) in [6, 6.07) is 1.89. The molecule has 0 aliphatic heterocycles. The van der Waals surface area contributed by atoms with Crippen LogP contribution in [0.1, 0.15) is 18.7 Å². The first-order valence-electron chi connectivity index (χ1n) is 3.40. The molecule has 5 heteroatoms. The Morgan fingerprint density at radius 3 is 2.75 bits per heavy atom. The summed E-state index contributed by atoms with van der Waals surface area (Å²) in [5, 5.41) is 10.4. The smallest absolute Gasteiger partial charge is 0.309 e. The first kappa shape index (κ1) is 8.45.